The van der Waals surface area contributed by atoms with Gasteiger partial charge >= 0.3 is 0 Å². The van der Waals surface area contributed by atoms with Crippen molar-refractivity contribution in [3.8, 4) is 0 Å². The van der Waals surface area contributed by atoms with E-state index in [4.69, 9.17) is 9.98 Å². The summed E-state index contributed by atoms with van der Waals surface area (Å²) in [5.74, 6) is -0.194. The number of fused-ring (bicyclic) bond motifs is 3. The van der Waals surface area contributed by atoms with Crippen molar-refractivity contribution < 1.29 is 8.78 Å². The monoisotopic (exact) mass is 953 g/mol. The number of hydrogen-bond donors (Lipinski definition) is 0. The Kier molecular flexibility index (Phi) is 18.0. The number of nitrogens with zero attached hydrogens (tertiary/aromatic N) is 6. The zero-order chi connectivity index (χ0) is 49.4. The molecule has 2 aromatic heterocycles. The molecule has 0 unspecified atom stereocenters. The van der Waals surface area contributed by atoms with Gasteiger partial charge in [-0.25, -0.2) is 8.78 Å². The van der Waals surface area contributed by atoms with Crippen LogP contribution >= 0.6 is 0 Å². The van der Waals surface area contributed by atoms with Crippen LogP contribution in [0.15, 0.2) is 65.9 Å². The minimum absolute atomic E-state index is 0.0112. The van der Waals surface area contributed by atoms with Crippen molar-refractivity contribution in [3.63, 3.8) is 0 Å². The predicted molar refractivity (Wildman–Crippen MR) is 290 cm³/mol. The van der Waals surface area contributed by atoms with E-state index in [-0.39, 0.29) is 12.8 Å². The Bertz CT molecular complexity index is 2650. The van der Waals surface area contributed by atoms with Crippen LogP contribution < -0.4 is 10.6 Å². The number of rotatable bonds is 12. The highest BCUT2D eigenvalue weighted by molar-refractivity contribution is 5.87. The van der Waals surface area contributed by atoms with Crippen LogP contribution in [0.1, 0.15) is 200 Å². The van der Waals surface area contributed by atoms with Crippen molar-refractivity contribution in [2.75, 3.05) is 52.4 Å². The van der Waals surface area contributed by atoms with Gasteiger partial charge in [-0.15, -0.1) is 0 Å². The van der Waals surface area contributed by atoms with Gasteiger partial charge in [0.15, 0.2) is 0 Å². The molecule has 4 aliphatic heterocycles. The zero-order valence-corrected chi connectivity index (χ0v) is 44.5. The van der Waals surface area contributed by atoms with E-state index in [1.807, 2.05) is 18.5 Å². The second-order valence-corrected chi connectivity index (χ2v) is 22.5. The summed E-state index contributed by atoms with van der Waals surface area (Å²) in [6.45, 7) is 28.3. The lowest BCUT2D eigenvalue weighted by atomic mass is 9.89. The van der Waals surface area contributed by atoms with E-state index in [9.17, 15) is 8.78 Å². The van der Waals surface area contributed by atoms with E-state index in [2.05, 4.69) is 118 Å². The normalized spacial score (nSPS) is 19.1. The maximum atomic E-state index is 13.6. The second-order valence-electron chi connectivity index (χ2n) is 22.5. The number of aryl methyl sites for hydroxylation is 2. The summed E-state index contributed by atoms with van der Waals surface area (Å²) in [7, 11) is 0. The SMILES string of the molecule is CC(C)c1c(C2CC2)cc(CN2CCCCC2)c2cccnc12.CCCc1ccc2c(c1C(C)C)=NCCC=2CN1CCCCC1.Cc1ccc2c(CN3CCCC(F)(F)CC3)ccnc2c1C(C)C. The van der Waals surface area contributed by atoms with Gasteiger partial charge in [0, 0.05) is 74.0 Å². The molecule has 1 aliphatic carbocycles. The number of halogens is 2. The molecule has 0 N–H and O–H groups in total. The van der Waals surface area contributed by atoms with E-state index in [0.717, 1.165) is 56.0 Å². The molecule has 378 valence electrons. The van der Waals surface area contributed by atoms with Crippen LogP contribution in [-0.2, 0) is 19.5 Å². The quantitative estimate of drug-likeness (QED) is 0.125. The lowest BCUT2D eigenvalue weighted by Gasteiger charge is -2.28. The molecule has 3 saturated heterocycles. The number of pyridine rings is 2. The van der Waals surface area contributed by atoms with Crippen LogP contribution in [0, 0.1) is 6.92 Å². The molecule has 3 aromatic carbocycles. The first-order valence-electron chi connectivity index (χ1n) is 27.8. The molecule has 6 heterocycles. The van der Waals surface area contributed by atoms with Gasteiger partial charge < -0.3 is 0 Å². The molecule has 4 fully saturated rings. The van der Waals surface area contributed by atoms with Crippen LogP contribution in [0.5, 0.6) is 0 Å². The van der Waals surface area contributed by atoms with Gasteiger partial charge in [-0.3, -0.25) is 29.7 Å². The molecule has 6 nitrogen and oxygen atoms in total. The van der Waals surface area contributed by atoms with Gasteiger partial charge in [0.2, 0.25) is 5.92 Å². The molecule has 0 radical (unpaired) electrons. The Morgan fingerprint density at radius 1 is 0.614 bits per heavy atom. The van der Waals surface area contributed by atoms with E-state index in [1.54, 1.807) is 11.1 Å². The molecule has 0 spiro atoms. The fourth-order valence-corrected chi connectivity index (χ4v) is 12.2. The molecular weight excluding hydrogens is 867 g/mol. The average Bonchev–Trinajstić information content (AvgIpc) is 4.21. The number of hydrogen-bond acceptors (Lipinski definition) is 6. The Hall–Kier alpha value is -4.11. The minimum Gasteiger partial charge on any atom is -0.299 e. The van der Waals surface area contributed by atoms with Crippen LogP contribution in [-0.4, -0.2) is 82.9 Å². The maximum absolute atomic E-state index is 13.6. The van der Waals surface area contributed by atoms with Gasteiger partial charge in [0.1, 0.15) is 0 Å². The summed E-state index contributed by atoms with van der Waals surface area (Å²) in [6.07, 6.45) is 18.9. The topological polar surface area (TPSA) is 47.9 Å². The van der Waals surface area contributed by atoms with Crippen LogP contribution in [0.4, 0.5) is 8.78 Å². The second kappa shape index (κ2) is 24.1. The van der Waals surface area contributed by atoms with E-state index >= 15 is 0 Å². The molecule has 10 rings (SSSR count). The molecule has 0 amide bonds. The fourth-order valence-electron chi connectivity index (χ4n) is 12.2. The molecule has 5 aliphatic rings. The molecule has 8 heteroatoms. The maximum Gasteiger partial charge on any atom is 0.249 e. The number of piperidine rings is 2. The van der Waals surface area contributed by atoms with Crippen molar-refractivity contribution >= 4 is 27.4 Å². The Balaban J connectivity index is 0.000000141. The van der Waals surface area contributed by atoms with Crippen molar-refractivity contribution in [2.45, 2.75) is 188 Å². The zero-order valence-electron chi connectivity index (χ0n) is 44.5. The highest BCUT2D eigenvalue weighted by atomic mass is 19.3. The first kappa shape index (κ1) is 52.2. The Labute approximate surface area is 420 Å². The third-order valence-corrected chi connectivity index (χ3v) is 15.9. The smallest absolute Gasteiger partial charge is 0.249 e. The van der Waals surface area contributed by atoms with Gasteiger partial charge in [0.25, 0.3) is 0 Å². The molecule has 5 aromatic rings. The number of alkyl halides is 2. The molecular formula is C62H86F2N6. The first-order valence-corrected chi connectivity index (χ1v) is 27.8. The van der Waals surface area contributed by atoms with Crippen molar-refractivity contribution in [1.29, 1.82) is 0 Å². The van der Waals surface area contributed by atoms with Crippen molar-refractivity contribution in [1.82, 2.24) is 24.7 Å². The summed E-state index contributed by atoms with van der Waals surface area (Å²) in [4.78, 5) is 21.8. The Morgan fingerprint density at radius 3 is 1.90 bits per heavy atom. The van der Waals surface area contributed by atoms with Crippen LogP contribution in [0.2, 0.25) is 0 Å². The van der Waals surface area contributed by atoms with E-state index in [0.29, 0.717) is 30.7 Å². The number of aromatic nitrogens is 2. The minimum atomic E-state index is -2.50. The number of benzene rings is 3. The van der Waals surface area contributed by atoms with Gasteiger partial charge in [-0.1, -0.05) is 104 Å². The third-order valence-electron chi connectivity index (χ3n) is 15.9. The van der Waals surface area contributed by atoms with Gasteiger partial charge in [-0.2, -0.15) is 0 Å². The van der Waals surface area contributed by atoms with Crippen molar-refractivity contribution in [3.05, 3.63) is 116 Å². The van der Waals surface area contributed by atoms with E-state index < -0.39 is 5.92 Å². The van der Waals surface area contributed by atoms with Crippen LogP contribution in [0.25, 0.3) is 27.4 Å². The lowest BCUT2D eigenvalue weighted by molar-refractivity contribution is -0.0132. The first-order chi connectivity index (χ1) is 33.8. The van der Waals surface area contributed by atoms with Gasteiger partial charge in [-0.05, 0) is 183 Å². The predicted octanol–water partition coefficient (Wildman–Crippen LogP) is 13.9. The van der Waals surface area contributed by atoms with E-state index in [1.165, 1.54) is 151 Å². The third kappa shape index (κ3) is 12.9. The largest absolute Gasteiger partial charge is 0.299 e. The van der Waals surface area contributed by atoms with Crippen LogP contribution in [0.3, 0.4) is 0 Å². The van der Waals surface area contributed by atoms with Crippen molar-refractivity contribution in [2.24, 2.45) is 4.99 Å². The summed E-state index contributed by atoms with van der Waals surface area (Å²) >= 11 is 0. The summed E-state index contributed by atoms with van der Waals surface area (Å²) < 4.78 is 27.2. The standard InChI is InChI=1S/C21H28N2.C21H32N2.C20H26F2N2/c1-15(2)20-19(16-8-9-16)13-17(14-23-11-4-3-5-12-23)18-7-6-10-22-21(18)20;1-4-8-17-9-10-19-18(15-23-13-6-5-7-14-23)11-12-22-21(19)20(17)16(2)3;1-14(2)18-15(3)5-6-17-16(7-10-23-19(17)18)13-24-11-4-8-20(21,22)9-12-24/h6-7,10,13,15-16H,3-5,8-9,11-12,14H2,1-2H3;9-10,16H,4-8,11-15H2,1-3H3;5-7,10,14H,4,8-9,11-13H2,1-3H3. The average molecular weight is 953 g/mol. The summed E-state index contributed by atoms with van der Waals surface area (Å²) in [5, 5.41) is 5.31. The number of likely N-dealkylation sites (tertiary alicyclic amines) is 3. The molecule has 0 bridgehead atoms. The van der Waals surface area contributed by atoms with Gasteiger partial charge in [0.05, 0.1) is 16.4 Å². The highest BCUT2D eigenvalue weighted by Crippen LogP contribution is 2.46. The molecule has 1 saturated carbocycles. The molecule has 0 atom stereocenters. The highest BCUT2D eigenvalue weighted by Gasteiger charge is 2.32. The lowest BCUT2D eigenvalue weighted by Crippen LogP contribution is -2.40. The Morgan fingerprint density at radius 2 is 1.23 bits per heavy atom. The molecule has 70 heavy (non-hydrogen) atoms. The fraction of sp³-hybridized carbons (Fsp3) is 0.597. The summed E-state index contributed by atoms with van der Waals surface area (Å²) in [6, 6.07) is 18.0. The summed E-state index contributed by atoms with van der Waals surface area (Å²) in [5.41, 5.74) is 15.3.